The van der Waals surface area contributed by atoms with Gasteiger partial charge in [0.2, 0.25) is 0 Å². The Morgan fingerprint density at radius 2 is 2.30 bits per heavy atom. The first-order valence-electron chi connectivity index (χ1n) is 5.65. The Hall–Kier alpha value is -1.91. The molecule has 0 aliphatic heterocycles. The molecule has 3 heterocycles. The van der Waals surface area contributed by atoms with Gasteiger partial charge in [-0.1, -0.05) is 0 Å². The summed E-state index contributed by atoms with van der Waals surface area (Å²) in [4.78, 5) is 4.57. The maximum atomic E-state index is 12.3. The molecular formula is C10H12N6O2S2. The van der Waals surface area contributed by atoms with Gasteiger partial charge >= 0.3 is 0 Å². The number of rotatable bonds is 4. The molecular weight excluding hydrogens is 300 g/mol. The molecule has 0 atom stereocenters. The summed E-state index contributed by atoms with van der Waals surface area (Å²) < 4.78 is 30.2. The first-order chi connectivity index (χ1) is 9.47. The molecule has 0 amide bonds. The van der Waals surface area contributed by atoms with Crippen molar-refractivity contribution in [3.8, 4) is 0 Å². The average molecular weight is 312 g/mol. The molecule has 10 heteroatoms. The Labute approximate surface area is 118 Å². The fourth-order valence-electron chi connectivity index (χ4n) is 1.86. The molecule has 3 aromatic heterocycles. The van der Waals surface area contributed by atoms with Gasteiger partial charge in [-0.2, -0.15) is 5.10 Å². The molecule has 3 rings (SSSR count). The molecule has 0 bridgehead atoms. The van der Waals surface area contributed by atoms with Gasteiger partial charge in [0.05, 0.1) is 6.20 Å². The van der Waals surface area contributed by atoms with E-state index in [1.165, 1.54) is 15.7 Å². The summed E-state index contributed by atoms with van der Waals surface area (Å²) in [5.41, 5.74) is 6.46. The van der Waals surface area contributed by atoms with Crippen LogP contribution < -0.4 is 10.5 Å². The third-order valence-corrected chi connectivity index (χ3v) is 4.92. The second-order valence-corrected chi connectivity index (χ2v) is 6.76. The molecule has 0 unspecified atom stereocenters. The minimum Gasteiger partial charge on any atom is -0.381 e. The van der Waals surface area contributed by atoms with E-state index < -0.39 is 10.0 Å². The number of aryl methyl sites for hydroxylation is 1. The lowest BCUT2D eigenvalue weighted by Gasteiger charge is -2.05. The normalized spacial score (nSPS) is 12.2. The van der Waals surface area contributed by atoms with E-state index in [1.54, 1.807) is 35.7 Å². The van der Waals surface area contributed by atoms with Gasteiger partial charge in [0.25, 0.3) is 10.0 Å². The Morgan fingerprint density at radius 3 is 3.00 bits per heavy atom. The third kappa shape index (κ3) is 2.17. The highest BCUT2D eigenvalue weighted by atomic mass is 32.2. The molecule has 0 aromatic carbocycles. The van der Waals surface area contributed by atoms with Crippen molar-refractivity contribution in [3.63, 3.8) is 0 Å². The van der Waals surface area contributed by atoms with Gasteiger partial charge in [0, 0.05) is 36.9 Å². The van der Waals surface area contributed by atoms with Gasteiger partial charge in [0.1, 0.15) is 0 Å². The van der Waals surface area contributed by atoms with Gasteiger partial charge in [0.15, 0.2) is 15.8 Å². The summed E-state index contributed by atoms with van der Waals surface area (Å²) >= 11 is 1.32. The lowest BCUT2D eigenvalue weighted by molar-refractivity contribution is 0.577. The smallest absolute Gasteiger partial charge is 0.260 e. The van der Waals surface area contributed by atoms with Crippen LogP contribution in [0, 0.1) is 0 Å². The van der Waals surface area contributed by atoms with Crippen LogP contribution in [0.25, 0.3) is 4.96 Å². The van der Waals surface area contributed by atoms with Crippen LogP contribution in [-0.2, 0) is 23.6 Å². The molecule has 0 aliphatic rings. The Morgan fingerprint density at radius 1 is 1.50 bits per heavy atom. The summed E-state index contributed by atoms with van der Waals surface area (Å²) in [7, 11) is -1.97. The van der Waals surface area contributed by atoms with Crippen LogP contribution in [0.4, 0.5) is 5.82 Å². The number of anilines is 1. The van der Waals surface area contributed by atoms with Gasteiger partial charge in [-0.25, -0.2) is 18.1 Å². The topological polar surface area (TPSA) is 107 Å². The van der Waals surface area contributed by atoms with Gasteiger partial charge in [-0.3, -0.25) is 9.08 Å². The number of aromatic nitrogens is 4. The number of hydrogen-bond acceptors (Lipinski definition) is 6. The molecule has 0 fully saturated rings. The highest BCUT2D eigenvalue weighted by Crippen LogP contribution is 2.23. The minimum absolute atomic E-state index is 0.00413. The van der Waals surface area contributed by atoms with Crippen molar-refractivity contribution in [1.29, 1.82) is 0 Å². The standard InChI is InChI=1S/C10H12N6O2S2/c1-15-6-7(4-12-15)5-13-20(17,18)9-8(11)14-10-16(9)2-3-19-10/h2-4,6,13H,5,11H2,1H3. The summed E-state index contributed by atoms with van der Waals surface area (Å²) in [6.07, 6.45) is 4.97. The van der Waals surface area contributed by atoms with Crippen LogP contribution >= 0.6 is 11.3 Å². The van der Waals surface area contributed by atoms with Gasteiger partial charge in [-0.05, 0) is 0 Å². The van der Waals surface area contributed by atoms with E-state index in [0.717, 1.165) is 5.56 Å². The zero-order valence-electron chi connectivity index (χ0n) is 10.5. The summed E-state index contributed by atoms with van der Waals surface area (Å²) in [5, 5.41) is 5.70. The number of thiazole rings is 1. The lowest BCUT2D eigenvalue weighted by Crippen LogP contribution is -2.25. The van der Waals surface area contributed by atoms with Crippen molar-refractivity contribution in [3.05, 3.63) is 29.5 Å². The van der Waals surface area contributed by atoms with E-state index in [2.05, 4.69) is 14.8 Å². The molecule has 3 aromatic rings. The molecule has 0 spiro atoms. The number of sulfonamides is 1. The van der Waals surface area contributed by atoms with E-state index in [4.69, 9.17) is 5.73 Å². The van der Waals surface area contributed by atoms with Crippen molar-refractivity contribution in [2.75, 3.05) is 5.73 Å². The monoisotopic (exact) mass is 312 g/mol. The van der Waals surface area contributed by atoms with Crippen molar-refractivity contribution >= 4 is 32.1 Å². The molecule has 20 heavy (non-hydrogen) atoms. The van der Waals surface area contributed by atoms with Gasteiger partial charge in [-0.15, -0.1) is 11.3 Å². The molecule has 0 radical (unpaired) electrons. The summed E-state index contributed by atoms with van der Waals surface area (Å²) in [6, 6.07) is 0. The molecule has 3 N–H and O–H groups in total. The third-order valence-electron chi connectivity index (χ3n) is 2.72. The number of nitrogens with two attached hydrogens (primary N) is 1. The SMILES string of the molecule is Cn1cc(CNS(=O)(=O)c2c(N)nc3sccn23)cn1. The highest BCUT2D eigenvalue weighted by molar-refractivity contribution is 7.89. The second kappa shape index (κ2) is 4.58. The Bertz CT molecular complexity index is 859. The molecule has 8 nitrogen and oxygen atoms in total. The van der Waals surface area contributed by atoms with Crippen LogP contribution in [0.1, 0.15) is 5.56 Å². The molecule has 0 saturated heterocycles. The summed E-state index contributed by atoms with van der Waals surface area (Å²) in [5.74, 6) is -0.00413. The van der Waals surface area contributed by atoms with E-state index >= 15 is 0 Å². The Balaban J connectivity index is 1.91. The largest absolute Gasteiger partial charge is 0.381 e. The predicted octanol–water partition coefficient (Wildman–Crippen LogP) is 0.190. The quantitative estimate of drug-likeness (QED) is 0.715. The lowest BCUT2D eigenvalue weighted by atomic mass is 10.4. The van der Waals surface area contributed by atoms with E-state index in [-0.39, 0.29) is 17.4 Å². The van der Waals surface area contributed by atoms with E-state index in [0.29, 0.717) is 4.96 Å². The fourth-order valence-corrected chi connectivity index (χ4v) is 3.86. The zero-order chi connectivity index (χ0) is 14.3. The molecule has 0 saturated carbocycles. The fraction of sp³-hybridized carbons (Fsp3) is 0.200. The average Bonchev–Trinajstić information content (AvgIpc) is 3.02. The predicted molar refractivity (Wildman–Crippen MR) is 74.7 cm³/mol. The van der Waals surface area contributed by atoms with E-state index in [9.17, 15) is 8.42 Å². The maximum Gasteiger partial charge on any atom is 0.260 e. The van der Waals surface area contributed by atoms with Crippen LogP contribution in [-0.4, -0.2) is 27.6 Å². The van der Waals surface area contributed by atoms with Crippen molar-refractivity contribution in [2.24, 2.45) is 7.05 Å². The van der Waals surface area contributed by atoms with E-state index in [1.807, 2.05) is 0 Å². The number of nitrogens with one attached hydrogen (secondary N) is 1. The van der Waals surface area contributed by atoms with Crippen molar-refractivity contribution in [2.45, 2.75) is 11.6 Å². The van der Waals surface area contributed by atoms with Gasteiger partial charge < -0.3 is 5.73 Å². The van der Waals surface area contributed by atoms with Crippen molar-refractivity contribution in [1.82, 2.24) is 23.9 Å². The zero-order valence-corrected chi connectivity index (χ0v) is 12.1. The Kier molecular flexibility index (Phi) is 3.00. The first-order valence-corrected chi connectivity index (χ1v) is 8.02. The second-order valence-electron chi connectivity index (χ2n) is 4.20. The first kappa shape index (κ1) is 13.1. The summed E-state index contributed by atoms with van der Waals surface area (Å²) in [6.45, 7) is 0.146. The maximum absolute atomic E-state index is 12.3. The number of fused-ring (bicyclic) bond motifs is 1. The number of imidazole rings is 1. The van der Waals surface area contributed by atoms with Crippen LogP contribution in [0.15, 0.2) is 29.0 Å². The van der Waals surface area contributed by atoms with Crippen molar-refractivity contribution < 1.29 is 8.42 Å². The highest BCUT2D eigenvalue weighted by Gasteiger charge is 2.24. The molecule has 106 valence electrons. The number of hydrogen-bond donors (Lipinski definition) is 2. The molecule has 0 aliphatic carbocycles. The number of nitrogens with zero attached hydrogens (tertiary/aromatic N) is 4. The number of nitrogen functional groups attached to an aromatic ring is 1. The van der Waals surface area contributed by atoms with Crippen LogP contribution in [0.3, 0.4) is 0 Å². The minimum atomic E-state index is -3.74. The van der Waals surface area contributed by atoms with Crippen LogP contribution in [0.5, 0.6) is 0 Å². The van der Waals surface area contributed by atoms with Crippen LogP contribution in [0.2, 0.25) is 0 Å².